The van der Waals surface area contributed by atoms with Crippen LogP contribution in [0, 0.1) is 11.8 Å². The Morgan fingerprint density at radius 1 is 1.28 bits per heavy atom. The third-order valence-electron chi connectivity index (χ3n) is 3.43. The monoisotopic (exact) mass is 248 g/mol. The predicted molar refractivity (Wildman–Crippen MR) is 70.0 cm³/mol. The molecular weight excluding hydrogens is 228 g/mol. The zero-order valence-electron chi connectivity index (χ0n) is 10.9. The van der Waals surface area contributed by atoms with Gasteiger partial charge < -0.3 is 10.5 Å². The van der Waals surface area contributed by atoms with Crippen LogP contribution in [0.2, 0.25) is 0 Å². The fourth-order valence-corrected chi connectivity index (χ4v) is 2.71. The highest BCUT2D eigenvalue weighted by Gasteiger charge is 2.26. The lowest BCUT2D eigenvalue weighted by atomic mass is 9.82. The van der Waals surface area contributed by atoms with E-state index in [0.29, 0.717) is 23.2 Å². The first-order chi connectivity index (χ1) is 8.54. The number of esters is 1. The number of hydrogen-bond acceptors (Lipinski definition) is 4. The van der Waals surface area contributed by atoms with Crippen LogP contribution in [-0.2, 0) is 4.74 Å². The molecule has 0 amide bonds. The molecular formula is C14H20N2O2. The Labute approximate surface area is 108 Å². The van der Waals surface area contributed by atoms with Crippen molar-refractivity contribution in [3.63, 3.8) is 0 Å². The molecule has 2 unspecified atom stereocenters. The van der Waals surface area contributed by atoms with E-state index in [0.717, 1.165) is 12.8 Å². The van der Waals surface area contributed by atoms with Gasteiger partial charge in [-0.15, -0.1) is 0 Å². The lowest BCUT2D eigenvalue weighted by Crippen LogP contribution is -2.28. The lowest BCUT2D eigenvalue weighted by molar-refractivity contribution is 0.00802. The Balaban J connectivity index is 1.96. The van der Waals surface area contributed by atoms with Crippen molar-refractivity contribution in [1.29, 1.82) is 0 Å². The van der Waals surface area contributed by atoms with Gasteiger partial charge in [0.05, 0.1) is 5.56 Å². The van der Waals surface area contributed by atoms with Gasteiger partial charge in [0.15, 0.2) is 0 Å². The summed E-state index contributed by atoms with van der Waals surface area (Å²) in [6.07, 6.45) is 4.63. The summed E-state index contributed by atoms with van der Waals surface area (Å²) in [6, 6.07) is 3.27. The number of ether oxygens (including phenoxy) is 1. The molecule has 1 aromatic heterocycles. The number of rotatable bonds is 2. The molecule has 0 saturated heterocycles. The fraction of sp³-hybridized carbons (Fsp3) is 0.571. The molecule has 1 heterocycles. The lowest BCUT2D eigenvalue weighted by Gasteiger charge is -2.30. The molecule has 0 aromatic carbocycles. The van der Waals surface area contributed by atoms with E-state index in [2.05, 4.69) is 18.8 Å². The van der Waals surface area contributed by atoms with Crippen LogP contribution in [0.1, 0.15) is 43.5 Å². The van der Waals surface area contributed by atoms with Crippen LogP contribution in [0.3, 0.4) is 0 Å². The van der Waals surface area contributed by atoms with Crippen LogP contribution < -0.4 is 5.73 Å². The molecule has 0 spiro atoms. The minimum absolute atomic E-state index is 0.0359. The highest BCUT2D eigenvalue weighted by atomic mass is 16.5. The van der Waals surface area contributed by atoms with Crippen molar-refractivity contribution in [1.82, 2.24) is 4.98 Å². The minimum Gasteiger partial charge on any atom is -0.459 e. The fourth-order valence-electron chi connectivity index (χ4n) is 2.71. The molecule has 4 nitrogen and oxygen atoms in total. The van der Waals surface area contributed by atoms with Crippen molar-refractivity contribution in [2.24, 2.45) is 11.8 Å². The van der Waals surface area contributed by atoms with Gasteiger partial charge in [-0.1, -0.05) is 13.8 Å². The van der Waals surface area contributed by atoms with E-state index < -0.39 is 0 Å². The highest BCUT2D eigenvalue weighted by molar-refractivity contribution is 5.89. The highest BCUT2D eigenvalue weighted by Crippen LogP contribution is 2.30. The summed E-state index contributed by atoms with van der Waals surface area (Å²) >= 11 is 0. The summed E-state index contributed by atoms with van der Waals surface area (Å²) in [6.45, 7) is 4.42. The van der Waals surface area contributed by atoms with Crippen molar-refractivity contribution in [3.05, 3.63) is 23.9 Å². The second-order valence-electron chi connectivity index (χ2n) is 5.42. The number of carbonyl (C=O) groups excluding carboxylic acids is 1. The number of hydrogen-bond donors (Lipinski definition) is 1. The molecule has 2 N–H and O–H groups in total. The predicted octanol–water partition coefficient (Wildman–Crippen LogP) is 2.65. The zero-order chi connectivity index (χ0) is 13.1. The molecule has 98 valence electrons. The summed E-state index contributed by atoms with van der Waals surface area (Å²) in [5.74, 6) is 1.35. The third kappa shape index (κ3) is 3.22. The van der Waals surface area contributed by atoms with Gasteiger partial charge in [-0.3, -0.25) is 0 Å². The second-order valence-corrected chi connectivity index (χ2v) is 5.42. The first-order valence-electron chi connectivity index (χ1n) is 6.47. The van der Waals surface area contributed by atoms with Gasteiger partial charge in [-0.25, -0.2) is 9.78 Å². The van der Waals surface area contributed by atoms with Crippen LogP contribution in [0.25, 0.3) is 0 Å². The Morgan fingerprint density at radius 2 is 1.94 bits per heavy atom. The van der Waals surface area contributed by atoms with Crippen LogP contribution in [0.5, 0.6) is 0 Å². The number of pyridine rings is 1. The van der Waals surface area contributed by atoms with Crippen LogP contribution >= 0.6 is 0 Å². The molecule has 0 bridgehead atoms. The van der Waals surface area contributed by atoms with Crippen molar-refractivity contribution in [2.45, 2.75) is 39.2 Å². The summed E-state index contributed by atoms with van der Waals surface area (Å²) in [7, 11) is 0. The summed E-state index contributed by atoms with van der Waals surface area (Å²) in [5, 5.41) is 0. The number of anilines is 1. The quantitative estimate of drug-likeness (QED) is 0.817. The largest absolute Gasteiger partial charge is 0.459 e. The summed E-state index contributed by atoms with van der Waals surface area (Å²) in [5.41, 5.74) is 5.95. The second kappa shape index (κ2) is 5.38. The van der Waals surface area contributed by atoms with E-state index in [1.54, 1.807) is 12.1 Å². The van der Waals surface area contributed by atoms with Gasteiger partial charge in [-0.05, 0) is 43.2 Å². The van der Waals surface area contributed by atoms with Crippen molar-refractivity contribution >= 4 is 11.8 Å². The van der Waals surface area contributed by atoms with E-state index >= 15 is 0 Å². The summed E-state index contributed by atoms with van der Waals surface area (Å²) < 4.78 is 5.54. The van der Waals surface area contributed by atoms with E-state index in [-0.39, 0.29) is 12.1 Å². The average molecular weight is 248 g/mol. The number of aromatic nitrogens is 1. The topological polar surface area (TPSA) is 65.2 Å². The maximum atomic E-state index is 11.9. The SMILES string of the molecule is CC1CC(C)CC(OC(=O)c2ccc(N)nc2)C1. The number of nitrogens with two attached hydrogens (primary N) is 1. The van der Waals surface area contributed by atoms with Gasteiger partial charge in [0, 0.05) is 6.20 Å². The average Bonchev–Trinajstić information content (AvgIpc) is 2.28. The Morgan fingerprint density at radius 3 is 2.50 bits per heavy atom. The molecule has 2 atom stereocenters. The normalized spacial score (nSPS) is 27.8. The Kier molecular flexibility index (Phi) is 3.84. The molecule has 0 radical (unpaired) electrons. The van der Waals surface area contributed by atoms with Crippen LogP contribution in [0.15, 0.2) is 18.3 Å². The van der Waals surface area contributed by atoms with E-state index in [1.165, 1.54) is 12.6 Å². The maximum absolute atomic E-state index is 11.9. The molecule has 18 heavy (non-hydrogen) atoms. The van der Waals surface area contributed by atoms with Crippen LogP contribution in [-0.4, -0.2) is 17.1 Å². The third-order valence-corrected chi connectivity index (χ3v) is 3.43. The van der Waals surface area contributed by atoms with Gasteiger partial charge >= 0.3 is 5.97 Å². The first kappa shape index (κ1) is 12.9. The molecule has 0 aliphatic heterocycles. The number of nitrogen functional groups attached to an aromatic ring is 1. The number of carbonyl (C=O) groups is 1. The van der Waals surface area contributed by atoms with E-state index in [9.17, 15) is 4.79 Å². The number of nitrogens with zero attached hydrogens (tertiary/aromatic N) is 1. The summed E-state index contributed by atoms with van der Waals surface area (Å²) in [4.78, 5) is 15.8. The molecule has 2 rings (SSSR count). The molecule has 1 aromatic rings. The van der Waals surface area contributed by atoms with Crippen LogP contribution in [0.4, 0.5) is 5.82 Å². The van der Waals surface area contributed by atoms with Gasteiger partial charge in [0.1, 0.15) is 11.9 Å². The van der Waals surface area contributed by atoms with Crippen molar-refractivity contribution < 1.29 is 9.53 Å². The first-order valence-corrected chi connectivity index (χ1v) is 6.47. The van der Waals surface area contributed by atoms with E-state index in [1.807, 2.05) is 0 Å². The molecule has 1 aliphatic carbocycles. The van der Waals surface area contributed by atoms with Gasteiger partial charge in [-0.2, -0.15) is 0 Å². The van der Waals surface area contributed by atoms with Crippen molar-refractivity contribution in [2.75, 3.05) is 5.73 Å². The standard InChI is InChI=1S/C14H20N2O2/c1-9-5-10(2)7-12(6-9)18-14(17)11-3-4-13(15)16-8-11/h3-4,8-10,12H,5-7H2,1-2H3,(H2,15,16). The maximum Gasteiger partial charge on any atom is 0.339 e. The minimum atomic E-state index is -0.297. The van der Waals surface area contributed by atoms with E-state index in [4.69, 9.17) is 10.5 Å². The Bertz CT molecular complexity index is 406. The van der Waals surface area contributed by atoms with Gasteiger partial charge in [0.25, 0.3) is 0 Å². The van der Waals surface area contributed by atoms with Crippen molar-refractivity contribution in [3.8, 4) is 0 Å². The van der Waals surface area contributed by atoms with Gasteiger partial charge in [0.2, 0.25) is 0 Å². The Hall–Kier alpha value is -1.58. The molecule has 1 saturated carbocycles. The molecule has 1 aliphatic rings. The molecule has 4 heteroatoms. The molecule has 1 fully saturated rings. The smallest absolute Gasteiger partial charge is 0.339 e. The zero-order valence-corrected chi connectivity index (χ0v) is 10.9.